The Kier molecular flexibility index (Phi) is 7.98. The van der Waals surface area contributed by atoms with Crippen molar-refractivity contribution in [1.82, 2.24) is 14.1 Å². The molecule has 9 heteroatoms. The molecule has 1 atom stereocenters. The molecule has 0 radical (unpaired) electrons. The molecule has 0 spiro atoms. The molecule has 1 unspecified atom stereocenters. The summed E-state index contributed by atoms with van der Waals surface area (Å²) in [6.07, 6.45) is 3.71. The number of rotatable bonds is 5. The summed E-state index contributed by atoms with van der Waals surface area (Å²) in [7, 11) is -3.75. The predicted octanol–water partition coefficient (Wildman–Crippen LogP) is 3.21. The van der Waals surface area contributed by atoms with Crippen LogP contribution in [0.15, 0.2) is 23.1 Å². The minimum absolute atomic E-state index is 0.00454. The summed E-state index contributed by atoms with van der Waals surface area (Å²) in [6, 6.07) is 6.69. The molecule has 170 valence electrons. The Morgan fingerprint density at radius 2 is 1.65 bits per heavy atom. The normalized spacial score (nSPS) is 20.3. The van der Waals surface area contributed by atoms with Crippen molar-refractivity contribution in [2.75, 3.05) is 39.3 Å². The number of hydrogen-bond donors (Lipinski definition) is 0. The third-order valence-electron chi connectivity index (χ3n) is 6.12. The first-order valence-corrected chi connectivity index (χ1v) is 12.8. The summed E-state index contributed by atoms with van der Waals surface area (Å²) >= 11 is 6.26. The Labute approximate surface area is 190 Å². The van der Waals surface area contributed by atoms with Gasteiger partial charge in [-0.3, -0.25) is 9.69 Å². The van der Waals surface area contributed by atoms with Gasteiger partial charge in [-0.1, -0.05) is 38.3 Å². The summed E-state index contributed by atoms with van der Waals surface area (Å²) in [6.45, 7) is 7.24. The zero-order valence-electron chi connectivity index (χ0n) is 18.3. The summed E-state index contributed by atoms with van der Waals surface area (Å²) in [5.74, 6) is 0.0111. The van der Waals surface area contributed by atoms with E-state index < -0.39 is 10.0 Å². The Morgan fingerprint density at radius 3 is 2.19 bits per heavy atom. The highest BCUT2D eigenvalue weighted by Crippen LogP contribution is 2.28. The monoisotopic (exact) mass is 466 g/mol. The smallest absolute Gasteiger partial charge is 0.253 e. The number of carbonyl (C=O) groups is 1. The lowest BCUT2D eigenvalue weighted by molar-refractivity contribution is 0.0576. The van der Waals surface area contributed by atoms with Crippen LogP contribution in [0.4, 0.5) is 0 Å². The molecule has 3 rings (SSSR count). The minimum atomic E-state index is -3.75. The van der Waals surface area contributed by atoms with Crippen molar-refractivity contribution in [2.45, 2.75) is 50.5 Å². The molecule has 2 saturated heterocycles. The molecule has 0 bridgehead atoms. The predicted molar refractivity (Wildman–Crippen MR) is 120 cm³/mol. The number of halogens is 1. The van der Waals surface area contributed by atoms with Gasteiger partial charge in [0.2, 0.25) is 10.0 Å². The first kappa shape index (κ1) is 24.0. The van der Waals surface area contributed by atoms with Crippen molar-refractivity contribution in [2.24, 2.45) is 5.92 Å². The second kappa shape index (κ2) is 10.3. The standard InChI is InChI=1S/C22H31ClN4O3S/c1-17(2)20(16-24)25-11-13-26(14-12-25)22(28)18-7-8-19(23)21(15-18)31(29,30)27-9-5-3-4-6-10-27/h7-8,15,17,20H,3-6,9-14H2,1-2H3. The van der Waals surface area contributed by atoms with E-state index in [1.807, 2.05) is 13.8 Å². The number of hydrogen-bond acceptors (Lipinski definition) is 5. The van der Waals surface area contributed by atoms with E-state index in [9.17, 15) is 18.5 Å². The van der Waals surface area contributed by atoms with Gasteiger partial charge in [0, 0.05) is 44.8 Å². The van der Waals surface area contributed by atoms with Crippen molar-refractivity contribution in [1.29, 1.82) is 5.26 Å². The first-order valence-electron chi connectivity index (χ1n) is 11.0. The minimum Gasteiger partial charge on any atom is -0.336 e. The van der Waals surface area contributed by atoms with E-state index in [1.165, 1.54) is 16.4 Å². The fraction of sp³-hybridized carbons (Fsp3) is 0.636. The van der Waals surface area contributed by atoms with E-state index in [0.29, 0.717) is 44.8 Å². The number of nitrogens with zero attached hydrogens (tertiary/aromatic N) is 4. The van der Waals surface area contributed by atoms with Gasteiger partial charge >= 0.3 is 0 Å². The number of sulfonamides is 1. The highest BCUT2D eigenvalue weighted by atomic mass is 35.5. The molecule has 1 amide bonds. The summed E-state index contributed by atoms with van der Waals surface area (Å²) < 4.78 is 27.9. The van der Waals surface area contributed by atoms with Gasteiger partial charge in [0.1, 0.15) is 10.9 Å². The van der Waals surface area contributed by atoms with Crippen LogP contribution in [0.5, 0.6) is 0 Å². The van der Waals surface area contributed by atoms with Crippen LogP contribution in [0.25, 0.3) is 0 Å². The van der Waals surface area contributed by atoms with Crippen molar-refractivity contribution in [3.05, 3.63) is 28.8 Å². The Hall–Kier alpha value is -1.66. The van der Waals surface area contributed by atoms with E-state index in [2.05, 4.69) is 11.0 Å². The molecule has 2 fully saturated rings. The first-order chi connectivity index (χ1) is 14.8. The third-order valence-corrected chi connectivity index (χ3v) is 8.50. The molecular weight excluding hydrogens is 436 g/mol. The number of nitriles is 1. The van der Waals surface area contributed by atoms with Crippen LogP contribution < -0.4 is 0 Å². The SMILES string of the molecule is CC(C)C(C#N)N1CCN(C(=O)c2ccc(Cl)c(S(=O)(=O)N3CCCCCC3)c2)CC1. The summed E-state index contributed by atoms with van der Waals surface area (Å²) in [4.78, 5) is 16.9. The molecule has 0 aliphatic carbocycles. The maximum Gasteiger partial charge on any atom is 0.253 e. The molecule has 2 heterocycles. The van der Waals surface area contributed by atoms with Gasteiger partial charge in [-0.05, 0) is 37.0 Å². The Balaban J connectivity index is 1.76. The van der Waals surface area contributed by atoms with E-state index in [0.717, 1.165) is 25.7 Å². The highest BCUT2D eigenvalue weighted by Gasteiger charge is 2.31. The molecule has 0 saturated carbocycles. The van der Waals surface area contributed by atoms with Gasteiger partial charge in [0.05, 0.1) is 11.1 Å². The van der Waals surface area contributed by atoms with E-state index in [-0.39, 0.29) is 27.8 Å². The lowest BCUT2D eigenvalue weighted by atomic mass is 10.0. The Bertz CT molecular complexity index is 929. The van der Waals surface area contributed by atoms with Gasteiger partial charge < -0.3 is 4.90 Å². The molecule has 1 aromatic carbocycles. The maximum absolute atomic E-state index is 13.2. The van der Waals surface area contributed by atoms with E-state index >= 15 is 0 Å². The van der Waals surface area contributed by atoms with Crippen molar-refractivity contribution in [3.8, 4) is 6.07 Å². The van der Waals surface area contributed by atoms with Crippen LogP contribution in [0.1, 0.15) is 49.9 Å². The Morgan fingerprint density at radius 1 is 1.03 bits per heavy atom. The third kappa shape index (κ3) is 5.40. The molecule has 2 aliphatic heterocycles. The summed E-state index contributed by atoms with van der Waals surface area (Å²) in [5, 5.41) is 9.55. The largest absolute Gasteiger partial charge is 0.336 e. The highest BCUT2D eigenvalue weighted by molar-refractivity contribution is 7.89. The molecule has 31 heavy (non-hydrogen) atoms. The second-order valence-corrected chi connectivity index (χ2v) is 10.9. The second-order valence-electron chi connectivity index (χ2n) is 8.61. The van der Waals surface area contributed by atoms with Crippen LogP contribution in [0.2, 0.25) is 5.02 Å². The quantitative estimate of drug-likeness (QED) is 0.665. The molecule has 1 aromatic rings. The molecule has 2 aliphatic rings. The zero-order valence-corrected chi connectivity index (χ0v) is 19.8. The van der Waals surface area contributed by atoms with Crippen LogP contribution in [0, 0.1) is 17.2 Å². The topological polar surface area (TPSA) is 84.7 Å². The fourth-order valence-electron chi connectivity index (χ4n) is 4.29. The molecule has 7 nitrogen and oxygen atoms in total. The van der Waals surface area contributed by atoms with Gasteiger partial charge in [-0.2, -0.15) is 9.57 Å². The fourth-order valence-corrected chi connectivity index (χ4v) is 6.31. The number of piperazine rings is 1. The molecule has 0 N–H and O–H groups in total. The average molecular weight is 467 g/mol. The van der Waals surface area contributed by atoms with Crippen molar-refractivity contribution >= 4 is 27.5 Å². The number of amides is 1. The van der Waals surface area contributed by atoms with Crippen molar-refractivity contribution in [3.63, 3.8) is 0 Å². The zero-order chi connectivity index (χ0) is 22.6. The van der Waals surface area contributed by atoms with Gasteiger partial charge in [0.25, 0.3) is 5.91 Å². The van der Waals surface area contributed by atoms with Gasteiger partial charge in [0.15, 0.2) is 0 Å². The van der Waals surface area contributed by atoms with Crippen LogP contribution in [0.3, 0.4) is 0 Å². The molecule has 0 aromatic heterocycles. The van der Waals surface area contributed by atoms with Crippen LogP contribution >= 0.6 is 11.6 Å². The van der Waals surface area contributed by atoms with Gasteiger partial charge in [-0.15, -0.1) is 0 Å². The number of carbonyl (C=O) groups excluding carboxylic acids is 1. The lowest BCUT2D eigenvalue weighted by Gasteiger charge is -2.38. The lowest BCUT2D eigenvalue weighted by Crippen LogP contribution is -2.52. The average Bonchev–Trinajstić information content (AvgIpc) is 3.04. The number of benzene rings is 1. The maximum atomic E-state index is 13.2. The van der Waals surface area contributed by atoms with E-state index in [1.54, 1.807) is 11.0 Å². The van der Waals surface area contributed by atoms with Crippen LogP contribution in [-0.4, -0.2) is 73.7 Å². The summed E-state index contributed by atoms with van der Waals surface area (Å²) in [5.41, 5.74) is 0.326. The van der Waals surface area contributed by atoms with Crippen molar-refractivity contribution < 1.29 is 13.2 Å². The molecular formula is C22H31ClN4O3S. The van der Waals surface area contributed by atoms with E-state index in [4.69, 9.17) is 11.6 Å². The van der Waals surface area contributed by atoms with Crippen LogP contribution in [-0.2, 0) is 10.0 Å². The van der Waals surface area contributed by atoms with Gasteiger partial charge in [-0.25, -0.2) is 8.42 Å².